The Balaban J connectivity index is 2.48. The van der Waals surface area contributed by atoms with Gasteiger partial charge < -0.3 is 0 Å². The molecule has 1 rings (SSSR count). The van der Waals surface area contributed by atoms with E-state index in [0.717, 1.165) is 13.0 Å². The fraction of sp³-hybridized carbons (Fsp3) is 0.571. The van der Waals surface area contributed by atoms with E-state index in [1.165, 1.54) is 0 Å². The molecule has 0 aromatic carbocycles. The Kier molecular flexibility index (Phi) is 1.84. The van der Waals surface area contributed by atoms with E-state index in [1.54, 1.807) is 0 Å². The second-order valence-electron chi connectivity index (χ2n) is 2.19. The molecule has 0 aromatic rings. The summed E-state index contributed by atoms with van der Waals surface area (Å²) in [6.07, 6.45) is 7.37. The summed E-state index contributed by atoms with van der Waals surface area (Å²) in [6, 6.07) is 0. The van der Waals surface area contributed by atoms with Crippen molar-refractivity contribution in [2.75, 3.05) is 6.54 Å². The zero-order valence-electron chi connectivity index (χ0n) is 5.17. The van der Waals surface area contributed by atoms with Crippen molar-refractivity contribution in [3.63, 3.8) is 0 Å². The molecule has 1 aliphatic heterocycles. The van der Waals surface area contributed by atoms with Gasteiger partial charge in [0.05, 0.1) is 0 Å². The fourth-order valence-electron chi connectivity index (χ4n) is 0.748. The lowest BCUT2D eigenvalue weighted by Crippen LogP contribution is -1.91. The van der Waals surface area contributed by atoms with Crippen LogP contribution in [0.15, 0.2) is 17.1 Å². The zero-order valence-corrected chi connectivity index (χ0v) is 5.17. The van der Waals surface area contributed by atoms with Crippen molar-refractivity contribution in [1.29, 1.82) is 0 Å². The van der Waals surface area contributed by atoms with Crippen LogP contribution in [0, 0.1) is 5.92 Å². The maximum absolute atomic E-state index is 4.16. The highest BCUT2D eigenvalue weighted by Crippen LogP contribution is 2.00. The normalized spacial score (nSPS) is 27.9. The highest BCUT2D eigenvalue weighted by molar-refractivity contribution is 5.59. The predicted molar refractivity (Wildman–Crippen MR) is 36.3 cm³/mol. The predicted octanol–water partition coefficient (Wildman–Crippen LogP) is 1.65. The zero-order chi connectivity index (χ0) is 5.82. The Morgan fingerprint density at radius 2 is 2.50 bits per heavy atom. The van der Waals surface area contributed by atoms with Crippen LogP contribution >= 0.6 is 0 Å². The molecular formula is C7H11N. The fourth-order valence-corrected chi connectivity index (χ4v) is 0.748. The van der Waals surface area contributed by atoms with Crippen LogP contribution in [0.4, 0.5) is 0 Å². The largest absolute Gasteiger partial charge is 0.297 e. The summed E-state index contributed by atoms with van der Waals surface area (Å²) in [6.45, 7) is 3.15. The number of allylic oxidation sites excluding steroid dienone is 1. The second kappa shape index (κ2) is 2.65. The van der Waals surface area contributed by atoms with Gasteiger partial charge in [-0.25, -0.2) is 0 Å². The first kappa shape index (κ1) is 5.54. The van der Waals surface area contributed by atoms with Crippen molar-refractivity contribution in [3.05, 3.63) is 12.2 Å². The van der Waals surface area contributed by atoms with E-state index in [2.05, 4.69) is 24.1 Å². The van der Waals surface area contributed by atoms with Gasteiger partial charge in [0.25, 0.3) is 0 Å². The summed E-state index contributed by atoms with van der Waals surface area (Å²) >= 11 is 0. The molecule has 1 heteroatoms. The number of hydrogen-bond donors (Lipinski definition) is 0. The van der Waals surface area contributed by atoms with Gasteiger partial charge in [0.1, 0.15) is 0 Å². The maximum Gasteiger partial charge on any atom is 0.0445 e. The van der Waals surface area contributed by atoms with Gasteiger partial charge in [-0.3, -0.25) is 4.99 Å². The van der Waals surface area contributed by atoms with Crippen LogP contribution in [0.2, 0.25) is 0 Å². The van der Waals surface area contributed by atoms with Gasteiger partial charge in [-0.15, -0.1) is 0 Å². The monoisotopic (exact) mass is 109 g/mol. The third-order valence-corrected chi connectivity index (χ3v) is 1.23. The van der Waals surface area contributed by atoms with E-state index in [1.807, 2.05) is 6.21 Å². The van der Waals surface area contributed by atoms with E-state index >= 15 is 0 Å². The minimum atomic E-state index is 0.647. The first-order chi connectivity index (χ1) is 3.89. The van der Waals surface area contributed by atoms with Gasteiger partial charge in [0, 0.05) is 19.2 Å². The lowest BCUT2D eigenvalue weighted by molar-refractivity contribution is 0.747. The Hall–Kier alpha value is -0.590. The van der Waals surface area contributed by atoms with Crippen LogP contribution in [0.5, 0.6) is 0 Å². The van der Waals surface area contributed by atoms with E-state index < -0.39 is 0 Å². The molecule has 0 fully saturated rings. The lowest BCUT2D eigenvalue weighted by Gasteiger charge is -1.95. The number of hydrogen-bond acceptors (Lipinski definition) is 1. The summed E-state index contributed by atoms with van der Waals surface area (Å²) in [7, 11) is 0. The molecule has 0 radical (unpaired) electrons. The summed E-state index contributed by atoms with van der Waals surface area (Å²) < 4.78 is 0. The number of aliphatic imine (C=N–C) groups is 1. The van der Waals surface area contributed by atoms with Gasteiger partial charge in [-0.1, -0.05) is 19.1 Å². The van der Waals surface area contributed by atoms with Crippen LogP contribution in [0.3, 0.4) is 0 Å². The third kappa shape index (κ3) is 1.49. The van der Waals surface area contributed by atoms with Crippen LogP contribution in [0.1, 0.15) is 13.3 Å². The average molecular weight is 109 g/mol. The van der Waals surface area contributed by atoms with Crippen molar-refractivity contribution >= 4 is 6.21 Å². The van der Waals surface area contributed by atoms with Crippen LogP contribution < -0.4 is 0 Å². The molecule has 1 unspecified atom stereocenters. The third-order valence-electron chi connectivity index (χ3n) is 1.23. The van der Waals surface area contributed by atoms with Crippen molar-refractivity contribution in [3.8, 4) is 0 Å². The second-order valence-corrected chi connectivity index (χ2v) is 2.19. The number of nitrogens with zero attached hydrogens (tertiary/aromatic N) is 1. The van der Waals surface area contributed by atoms with Crippen molar-refractivity contribution in [2.24, 2.45) is 10.9 Å². The molecule has 0 N–H and O–H groups in total. The minimum Gasteiger partial charge on any atom is -0.297 e. The highest BCUT2D eigenvalue weighted by atomic mass is 14.7. The Labute approximate surface area is 50.1 Å². The Morgan fingerprint density at radius 1 is 1.62 bits per heavy atom. The van der Waals surface area contributed by atoms with Crippen molar-refractivity contribution in [2.45, 2.75) is 13.3 Å². The van der Waals surface area contributed by atoms with Gasteiger partial charge in [0.15, 0.2) is 0 Å². The first-order valence-corrected chi connectivity index (χ1v) is 3.04. The molecule has 0 saturated heterocycles. The van der Waals surface area contributed by atoms with Gasteiger partial charge in [-0.2, -0.15) is 0 Å². The van der Waals surface area contributed by atoms with E-state index in [9.17, 15) is 0 Å². The standard InChI is InChI=1S/C7H11N/c1-7-4-2-3-5-8-6-7/h2,4-5,7H,3,6H2,1H3. The molecule has 8 heavy (non-hydrogen) atoms. The number of rotatable bonds is 0. The molecule has 1 nitrogen and oxygen atoms in total. The smallest absolute Gasteiger partial charge is 0.0445 e. The Bertz CT molecular complexity index is 114. The molecule has 1 heterocycles. The van der Waals surface area contributed by atoms with Gasteiger partial charge >= 0.3 is 0 Å². The van der Waals surface area contributed by atoms with Gasteiger partial charge in [0.2, 0.25) is 0 Å². The topological polar surface area (TPSA) is 12.4 Å². The molecule has 1 aliphatic rings. The minimum absolute atomic E-state index is 0.647. The van der Waals surface area contributed by atoms with Gasteiger partial charge in [-0.05, 0) is 5.92 Å². The average Bonchev–Trinajstić information content (AvgIpc) is 1.94. The van der Waals surface area contributed by atoms with Crippen molar-refractivity contribution < 1.29 is 0 Å². The van der Waals surface area contributed by atoms with E-state index in [4.69, 9.17) is 0 Å². The van der Waals surface area contributed by atoms with E-state index in [-0.39, 0.29) is 0 Å². The first-order valence-electron chi connectivity index (χ1n) is 3.04. The molecule has 0 bridgehead atoms. The Morgan fingerprint density at radius 3 is 3.38 bits per heavy atom. The summed E-state index contributed by atoms with van der Waals surface area (Å²) in [5.74, 6) is 0.647. The molecule has 0 aromatic heterocycles. The molecule has 1 atom stereocenters. The molecule has 0 saturated carbocycles. The highest BCUT2D eigenvalue weighted by Gasteiger charge is 1.94. The molecule has 0 amide bonds. The maximum atomic E-state index is 4.16. The van der Waals surface area contributed by atoms with E-state index in [0.29, 0.717) is 5.92 Å². The molecular weight excluding hydrogens is 98.1 g/mol. The summed E-state index contributed by atoms with van der Waals surface area (Å²) in [4.78, 5) is 4.16. The summed E-state index contributed by atoms with van der Waals surface area (Å²) in [5, 5.41) is 0. The summed E-state index contributed by atoms with van der Waals surface area (Å²) in [5.41, 5.74) is 0. The van der Waals surface area contributed by atoms with Crippen LogP contribution in [-0.4, -0.2) is 12.8 Å². The van der Waals surface area contributed by atoms with Crippen LogP contribution in [-0.2, 0) is 0 Å². The molecule has 0 aliphatic carbocycles. The molecule has 0 spiro atoms. The lowest BCUT2D eigenvalue weighted by atomic mass is 10.2. The quantitative estimate of drug-likeness (QED) is 0.419. The van der Waals surface area contributed by atoms with Crippen molar-refractivity contribution in [1.82, 2.24) is 0 Å². The van der Waals surface area contributed by atoms with Crippen LogP contribution in [0.25, 0.3) is 0 Å². The molecule has 44 valence electrons. The SMILES string of the molecule is CC1C=CCC=NC1.